The molecule has 0 aliphatic heterocycles. The van der Waals surface area contributed by atoms with E-state index in [0.29, 0.717) is 16.9 Å². The highest BCUT2D eigenvalue weighted by Gasteiger charge is 2.63. The third-order valence-corrected chi connectivity index (χ3v) is 6.59. The summed E-state index contributed by atoms with van der Waals surface area (Å²) in [4.78, 5) is 0. The Kier molecular flexibility index (Phi) is 3.89. The Balaban J connectivity index is 1.47. The van der Waals surface area contributed by atoms with E-state index in [2.05, 4.69) is 50.0 Å². The lowest BCUT2D eigenvalue weighted by molar-refractivity contribution is 0.327. The maximum Gasteiger partial charge on any atom is 0.0762 e. The second-order valence-corrected chi connectivity index (χ2v) is 8.21. The zero-order valence-corrected chi connectivity index (χ0v) is 14.2. The van der Waals surface area contributed by atoms with Crippen molar-refractivity contribution in [2.24, 2.45) is 16.7 Å². The number of nitrogens with one attached hydrogen (secondary N) is 1. The van der Waals surface area contributed by atoms with E-state index >= 15 is 0 Å². The first kappa shape index (κ1) is 15.1. The fourth-order valence-corrected chi connectivity index (χ4v) is 4.21. The quantitative estimate of drug-likeness (QED) is 0.882. The highest BCUT2D eigenvalue weighted by atomic mass is 15.3. The smallest absolute Gasteiger partial charge is 0.0762 e. The van der Waals surface area contributed by atoms with Gasteiger partial charge in [-0.3, -0.25) is 4.68 Å². The first-order valence-corrected chi connectivity index (χ1v) is 8.67. The summed E-state index contributed by atoms with van der Waals surface area (Å²) < 4.78 is 2.21. The molecule has 21 heavy (non-hydrogen) atoms. The molecular weight excluding hydrogens is 258 g/mol. The van der Waals surface area contributed by atoms with Crippen molar-refractivity contribution < 1.29 is 0 Å². The van der Waals surface area contributed by atoms with Crippen LogP contribution in [0.25, 0.3) is 0 Å². The predicted molar refractivity (Wildman–Crippen MR) is 87.1 cm³/mol. The van der Waals surface area contributed by atoms with Crippen LogP contribution >= 0.6 is 0 Å². The molecule has 1 heterocycles. The normalized spacial score (nSPS) is 25.1. The van der Waals surface area contributed by atoms with E-state index in [-0.39, 0.29) is 0 Å². The second kappa shape index (κ2) is 5.42. The molecule has 2 saturated carbocycles. The third kappa shape index (κ3) is 2.77. The fourth-order valence-electron chi connectivity index (χ4n) is 4.21. The molecule has 0 unspecified atom stereocenters. The van der Waals surface area contributed by atoms with Crippen molar-refractivity contribution in [3.05, 3.63) is 18.0 Å². The van der Waals surface area contributed by atoms with Gasteiger partial charge in [-0.25, -0.2) is 0 Å². The molecule has 0 aromatic carbocycles. The summed E-state index contributed by atoms with van der Waals surface area (Å²) in [6, 6.07) is 2.83. The molecule has 1 aromatic rings. The van der Waals surface area contributed by atoms with Gasteiger partial charge in [0.15, 0.2) is 0 Å². The Hall–Kier alpha value is -0.830. The first-order chi connectivity index (χ1) is 9.93. The predicted octanol–water partition coefficient (Wildman–Crippen LogP) is 4.16. The van der Waals surface area contributed by atoms with Crippen LogP contribution in [-0.4, -0.2) is 16.3 Å². The number of hydrogen-bond acceptors (Lipinski definition) is 2. The summed E-state index contributed by atoms with van der Waals surface area (Å²) in [5, 5.41) is 8.39. The zero-order valence-electron chi connectivity index (χ0n) is 14.2. The van der Waals surface area contributed by atoms with Crippen LogP contribution < -0.4 is 5.32 Å². The van der Waals surface area contributed by atoms with E-state index in [4.69, 9.17) is 5.10 Å². The van der Waals surface area contributed by atoms with Gasteiger partial charge in [0.05, 0.1) is 11.7 Å². The average molecular weight is 289 g/mol. The molecule has 0 spiro atoms. The van der Waals surface area contributed by atoms with Crippen molar-refractivity contribution in [3.8, 4) is 0 Å². The number of nitrogens with zero attached hydrogens (tertiary/aromatic N) is 2. The summed E-state index contributed by atoms with van der Waals surface area (Å²) >= 11 is 0. The van der Waals surface area contributed by atoms with Crippen molar-refractivity contribution in [2.45, 2.75) is 72.4 Å². The molecule has 1 N–H and O–H groups in total. The molecule has 2 aliphatic carbocycles. The van der Waals surface area contributed by atoms with Gasteiger partial charge in [0.1, 0.15) is 0 Å². The first-order valence-electron chi connectivity index (χ1n) is 8.67. The van der Waals surface area contributed by atoms with E-state index in [1.54, 1.807) is 0 Å². The molecule has 0 radical (unpaired) electrons. The van der Waals surface area contributed by atoms with E-state index in [1.165, 1.54) is 37.8 Å². The van der Waals surface area contributed by atoms with Crippen LogP contribution in [0.1, 0.15) is 71.5 Å². The van der Waals surface area contributed by atoms with E-state index < -0.39 is 0 Å². The van der Waals surface area contributed by atoms with Crippen molar-refractivity contribution in [1.82, 2.24) is 15.1 Å². The van der Waals surface area contributed by atoms with Crippen LogP contribution in [0.4, 0.5) is 0 Å². The van der Waals surface area contributed by atoms with Crippen LogP contribution in [0, 0.1) is 16.7 Å². The largest absolute Gasteiger partial charge is 0.311 e. The van der Waals surface area contributed by atoms with E-state index in [1.807, 2.05) is 0 Å². The molecule has 118 valence electrons. The van der Waals surface area contributed by atoms with Crippen molar-refractivity contribution in [1.29, 1.82) is 0 Å². The highest BCUT2D eigenvalue weighted by molar-refractivity contribution is 5.13. The molecular formula is C18H31N3. The average Bonchev–Trinajstić information content (AvgIpc) is 2.83. The van der Waals surface area contributed by atoms with Gasteiger partial charge in [-0.2, -0.15) is 5.10 Å². The lowest BCUT2D eigenvalue weighted by Gasteiger charge is -2.21. The Morgan fingerprint density at radius 2 is 1.81 bits per heavy atom. The number of hydrogen-bond donors (Lipinski definition) is 1. The van der Waals surface area contributed by atoms with E-state index in [0.717, 1.165) is 19.0 Å². The molecule has 1 aromatic heterocycles. The third-order valence-electron chi connectivity index (χ3n) is 6.59. The topological polar surface area (TPSA) is 29.9 Å². The molecule has 0 saturated heterocycles. The highest BCUT2D eigenvalue weighted by Crippen LogP contribution is 2.67. The van der Waals surface area contributed by atoms with Crippen molar-refractivity contribution >= 4 is 0 Å². The summed E-state index contributed by atoms with van der Waals surface area (Å²) in [5.41, 5.74) is 2.14. The standard InChI is InChI=1S/C18H31N3/c1-17(2)16(18(17,3)4)13-19-12-14-10-11-21(20-14)15-8-6-5-7-9-15/h10-11,15-16,19H,5-9,12-13H2,1-4H3. The zero-order chi connectivity index (χ0) is 15.1. The van der Waals surface area contributed by atoms with Crippen molar-refractivity contribution in [2.75, 3.05) is 6.54 Å². The van der Waals surface area contributed by atoms with Crippen LogP contribution in [0.15, 0.2) is 12.3 Å². The molecule has 3 heteroatoms. The Morgan fingerprint density at radius 3 is 2.43 bits per heavy atom. The van der Waals surface area contributed by atoms with Gasteiger partial charge in [0.25, 0.3) is 0 Å². The molecule has 3 rings (SSSR count). The lowest BCUT2D eigenvalue weighted by Crippen LogP contribution is -2.20. The summed E-state index contributed by atoms with van der Waals surface area (Å²) in [6.07, 6.45) is 8.92. The minimum Gasteiger partial charge on any atom is -0.311 e. The van der Waals surface area contributed by atoms with Gasteiger partial charge in [-0.05, 0) is 42.2 Å². The van der Waals surface area contributed by atoms with E-state index in [9.17, 15) is 0 Å². The fraction of sp³-hybridized carbons (Fsp3) is 0.833. The van der Waals surface area contributed by atoms with Crippen LogP contribution in [0.5, 0.6) is 0 Å². The van der Waals surface area contributed by atoms with Gasteiger partial charge in [-0.1, -0.05) is 47.0 Å². The Morgan fingerprint density at radius 1 is 1.14 bits per heavy atom. The SMILES string of the molecule is CC1(C)C(CNCc2ccn(C3CCCCC3)n2)C1(C)C. The molecule has 2 aliphatic rings. The maximum absolute atomic E-state index is 4.78. The van der Waals surface area contributed by atoms with Gasteiger partial charge in [0.2, 0.25) is 0 Å². The van der Waals surface area contributed by atoms with Crippen molar-refractivity contribution in [3.63, 3.8) is 0 Å². The Bertz CT molecular complexity index is 466. The van der Waals surface area contributed by atoms with Gasteiger partial charge < -0.3 is 5.32 Å². The summed E-state index contributed by atoms with van der Waals surface area (Å²) in [7, 11) is 0. The monoisotopic (exact) mass is 289 g/mol. The van der Waals surface area contributed by atoms with Crippen LogP contribution in [0.3, 0.4) is 0 Å². The second-order valence-electron chi connectivity index (χ2n) is 8.21. The van der Waals surface area contributed by atoms with Crippen LogP contribution in [0.2, 0.25) is 0 Å². The summed E-state index contributed by atoms with van der Waals surface area (Å²) in [6.45, 7) is 11.6. The molecule has 0 amide bonds. The molecule has 3 nitrogen and oxygen atoms in total. The van der Waals surface area contributed by atoms with Crippen LogP contribution in [-0.2, 0) is 6.54 Å². The maximum atomic E-state index is 4.78. The molecule has 2 fully saturated rings. The van der Waals surface area contributed by atoms with Gasteiger partial charge in [-0.15, -0.1) is 0 Å². The molecule has 0 bridgehead atoms. The number of rotatable bonds is 5. The number of aromatic nitrogens is 2. The van der Waals surface area contributed by atoms with Gasteiger partial charge >= 0.3 is 0 Å². The lowest BCUT2D eigenvalue weighted by atomic mass is 9.96. The summed E-state index contributed by atoms with van der Waals surface area (Å²) in [5.74, 6) is 0.783. The Labute approximate surface area is 129 Å². The minimum absolute atomic E-state index is 0.474. The minimum atomic E-state index is 0.474. The van der Waals surface area contributed by atoms with Gasteiger partial charge in [0, 0.05) is 12.7 Å². The molecule has 0 atom stereocenters.